The maximum absolute atomic E-state index is 12.5. The second kappa shape index (κ2) is 8.56. The molecule has 0 radical (unpaired) electrons. The Hall–Kier alpha value is -2.04. The van der Waals surface area contributed by atoms with Crippen molar-refractivity contribution < 1.29 is 24.2 Å². The van der Waals surface area contributed by atoms with Crippen molar-refractivity contribution in [1.82, 2.24) is 0 Å². The van der Waals surface area contributed by atoms with Crippen LogP contribution in [0, 0.1) is 0 Å². The molecule has 0 fully saturated rings. The van der Waals surface area contributed by atoms with Gasteiger partial charge in [-0.15, -0.1) is 0 Å². The standard InChI is InChI=1S/C21H32O5/c1-20(2,3)14-12-15(18(23)16(13-14)21(4,5)6)19(24)26-11-9-8-10-17(22)25-7/h12-13,23H,8-11H2,1-7H3. The molecule has 1 aromatic carbocycles. The minimum absolute atomic E-state index is 0.0231. The summed E-state index contributed by atoms with van der Waals surface area (Å²) in [5.41, 5.74) is 1.42. The summed E-state index contributed by atoms with van der Waals surface area (Å²) >= 11 is 0. The Labute approximate surface area is 156 Å². The van der Waals surface area contributed by atoms with E-state index in [1.807, 2.05) is 26.8 Å². The van der Waals surface area contributed by atoms with E-state index in [2.05, 4.69) is 25.5 Å². The number of benzene rings is 1. The molecule has 0 aliphatic rings. The van der Waals surface area contributed by atoms with E-state index >= 15 is 0 Å². The summed E-state index contributed by atoms with van der Waals surface area (Å²) in [6, 6.07) is 3.67. The highest BCUT2D eigenvalue weighted by atomic mass is 16.5. The summed E-state index contributed by atoms with van der Waals surface area (Å²) in [4.78, 5) is 23.6. The summed E-state index contributed by atoms with van der Waals surface area (Å²) in [6.45, 7) is 12.4. The molecule has 0 saturated heterocycles. The van der Waals surface area contributed by atoms with Gasteiger partial charge in [-0.2, -0.15) is 0 Å². The average Bonchev–Trinajstić information content (AvgIpc) is 2.51. The molecule has 1 aromatic rings. The van der Waals surface area contributed by atoms with Crippen molar-refractivity contribution in [2.24, 2.45) is 0 Å². The van der Waals surface area contributed by atoms with E-state index in [-0.39, 0.29) is 34.7 Å². The predicted octanol–water partition coefficient (Wildman–Crippen LogP) is 4.49. The second-order valence-corrected chi connectivity index (χ2v) is 8.59. The Bertz CT molecular complexity index is 648. The molecular weight excluding hydrogens is 332 g/mol. The fourth-order valence-electron chi connectivity index (χ4n) is 2.51. The maximum atomic E-state index is 12.5. The topological polar surface area (TPSA) is 72.8 Å². The first kappa shape index (κ1) is 22.0. The highest BCUT2D eigenvalue weighted by Crippen LogP contribution is 2.37. The largest absolute Gasteiger partial charge is 0.507 e. The van der Waals surface area contributed by atoms with Crippen molar-refractivity contribution >= 4 is 11.9 Å². The third kappa shape index (κ3) is 6.04. The van der Waals surface area contributed by atoms with Gasteiger partial charge in [0.2, 0.25) is 0 Å². The molecule has 0 aromatic heterocycles. The van der Waals surface area contributed by atoms with E-state index in [0.29, 0.717) is 19.3 Å². The Kier molecular flexibility index (Phi) is 7.25. The van der Waals surface area contributed by atoms with Crippen molar-refractivity contribution in [3.05, 3.63) is 28.8 Å². The molecule has 5 nitrogen and oxygen atoms in total. The zero-order valence-corrected chi connectivity index (χ0v) is 17.1. The van der Waals surface area contributed by atoms with Gasteiger partial charge in [-0.05, 0) is 35.3 Å². The van der Waals surface area contributed by atoms with Crippen molar-refractivity contribution in [1.29, 1.82) is 0 Å². The van der Waals surface area contributed by atoms with Gasteiger partial charge in [-0.1, -0.05) is 47.6 Å². The monoisotopic (exact) mass is 364 g/mol. The minimum atomic E-state index is -0.544. The van der Waals surface area contributed by atoms with Crippen LogP contribution in [-0.2, 0) is 25.1 Å². The van der Waals surface area contributed by atoms with Gasteiger partial charge >= 0.3 is 11.9 Å². The lowest BCUT2D eigenvalue weighted by Gasteiger charge is -2.27. The fraction of sp³-hybridized carbons (Fsp3) is 0.619. The molecule has 0 bridgehead atoms. The number of phenols is 1. The van der Waals surface area contributed by atoms with Crippen molar-refractivity contribution in [3.8, 4) is 5.75 Å². The van der Waals surface area contributed by atoms with Crippen LogP contribution in [-0.4, -0.2) is 30.8 Å². The van der Waals surface area contributed by atoms with Crippen LogP contribution in [0.1, 0.15) is 82.3 Å². The molecule has 146 valence electrons. The molecule has 0 unspecified atom stereocenters. The highest BCUT2D eigenvalue weighted by Gasteiger charge is 2.27. The Morgan fingerprint density at radius 1 is 1.00 bits per heavy atom. The molecule has 1 rings (SSSR count). The van der Waals surface area contributed by atoms with Crippen molar-refractivity contribution in [3.63, 3.8) is 0 Å². The van der Waals surface area contributed by atoms with E-state index in [0.717, 1.165) is 11.1 Å². The lowest BCUT2D eigenvalue weighted by molar-refractivity contribution is -0.140. The lowest BCUT2D eigenvalue weighted by atomic mass is 9.79. The van der Waals surface area contributed by atoms with Gasteiger partial charge in [-0.3, -0.25) is 4.79 Å². The average molecular weight is 364 g/mol. The summed E-state index contributed by atoms with van der Waals surface area (Å²) in [5, 5.41) is 10.6. The van der Waals surface area contributed by atoms with Crippen LogP contribution < -0.4 is 0 Å². The van der Waals surface area contributed by atoms with Crippen LogP contribution >= 0.6 is 0 Å². The number of methoxy groups -OCH3 is 1. The smallest absolute Gasteiger partial charge is 0.341 e. The number of phenolic OH excluding ortho intramolecular Hbond substituents is 1. The van der Waals surface area contributed by atoms with Gasteiger partial charge in [0, 0.05) is 12.0 Å². The number of hydrogen-bond acceptors (Lipinski definition) is 5. The first-order valence-electron chi connectivity index (χ1n) is 9.00. The molecule has 1 N–H and O–H groups in total. The van der Waals surface area contributed by atoms with E-state index in [1.54, 1.807) is 6.07 Å². The molecular formula is C21H32O5. The van der Waals surface area contributed by atoms with Gasteiger partial charge in [0.1, 0.15) is 11.3 Å². The van der Waals surface area contributed by atoms with E-state index in [4.69, 9.17) is 4.74 Å². The van der Waals surface area contributed by atoms with Crippen LogP contribution in [0.2, 0.25) is 0 Å². The lowest BCUT2D eigenvalue weighted by Crippen LogP contribution is -2.19. The molecule has 0 saturated carbocycles. The van der Waals surface area contributed by atoms with Crippen molar-refractivity contribution in [2.75, 3.05) is 13.7 Å². The third-order valence-corrected chi connectivity index (χ3v) is 4.24. The normalized spacial score (nSPS) is 12.0. The van der Waals surface area contributed by atoms with E-state index < -0.39 is 5.97 Å². The molecule has 5 heteroatoms. The fourth-order valence-corrected chi connectivity index (χ4v) is 2.51. The van der Waals surface area contributed by atoms with Gasteiger partial charge in [-0.25, -0.2) is 4.79 Å². The molecule has 0 aliphatic carbocycles. The summed E-state index contributed by atoms with van der Waals surface area (Å²) in [5.74, 6) is -0.844. The number of unbranched alkanes of at least 4 members (excludes halogenated alkanes) is 1. The molecule has 0 heterocycles. The second-order valence-electron chi connectivity index (χ2n) is 8.59. The Balaban J connectivity index is 2.96. The molecule has 0 amide bonds. The number of hydrogen-bond donors (Lipinski definition) is 1. The van der Waals surface area contributed by atoms with Crippen molar-refractivity contribution in [2.45, 2.75) is 71.6 Å². The van der Waals surface area contributed by atoms with Gasteiger partial charge in [0.05, 0.1) is 13.7 Å². The number of carbonyl (C=O) groups is 2. The molecule has 0 atom stereocenters. The maximum Gasteiger partial charge on any atom is 0.341 e. The van der Waals surface area contributed by atoms with Gasteiger partial charge in [0.25, 0.3) is 0 Å². The van der Waals surface area contributed by atoms with E-state index in [9.17, 15) is 14.7 Å². The number of aromatic hydroxyl groups is 1. The number of carbonyl (C=O) groups excluding carboxylic acids is 2. The first-order chi connectivity index (χ1) is 11.9. The molecule has 0 aliphatic heterocycles. The predicted molar refractivity (Wildman–Crippen MR) is 102 cm³/mol. The van der Waals surface area contributed by atoms with Gasteiger partial charge in [0.15, 0.2) is 0 Å². The highest BCUT2D eigenvalue weighted by molar-refractivity contribution is 5.93. The summed E-state index contributed by atoms with van der Waals surface area (Å²) in [7, 11) is 1.35. The number of rotatable bonds is 6. The van der Waals surface area contributed by atoms with Crippen LogP contribution in [0.3, 0.4) is 0 Å². The Morgan fingerprint density at radius 3 is 2.12 bits per heavy atom. The Morgan fingerprint density at radius 2 is 1.62 bits per heavy atom. The van der Waals surface area contributed by atoms with Crippen LogP contribution in [0.5, 0.6) is 5.75 Å². The quantitative estimate of drug-likeness (QED) is 0.595. The summed E-state index contributed by atoms with van der Waals surface area (Å²) in [6.07, 6.45) is 1.45. The number of esters is 2. The van der Waals surface area contributed by atoms with Gasteiger partial charge < -0.3 is 14.6 Å². The van der Waals surface area contributed by atoms with E-state index in [1.165, 1.54) is 7.11 Å². The SMILES string of the molecule is COC(=O)CCCCOC(=O)c1cc(C(C)(C)C)cc(C(C)(C)C)c1O. The third-order valence-electron chi connectivity index (χ3n) is 4.24. The molecule has 0 spiro atoms. The molecule has 26 heavy (non-hydrogen) atoms. The first-order valence-corrected chi connectivity index (χ1v) is 9.00. The summed E-state index contributed by atoms with van der Waals surface area (Å²) < 4.78 is 9.88. The minimum Gasteiger partial charge on any atom is -0.507 e. The number of ether oxygens (including phenoxy) is 2. The van der Waals surface area contributed by atoms with Crippen LogP contribution in [0.4, 0.5) is 0 Å². The van der Waals surface area contributed by atoms with Crippen LogP contribution in [0.25, 0.3) is 0 Å². The zero-order chi connectivity index (χ0) is 20.1. The zero-order valence-electron chi connectivity index (χ0n) is 17.1. The van der Waals surface area contributed by atoms with Crippen LogP contribution in [0.15, 0.2) is 12.1 Å².